The molecule has 0 saturated heterocycles. The lowest BCUT2D eigenvalue weighted by molar-refractivity contribution is -0.386. The number of nitrogens with one attached hydrogen (secondary N) is 1. The molecule has 7 nitrogen and oxygen atoms in total. The molecule has 0 aliphatic heterocycles. The van der Waals surface area contributed by atoms with Gasteiger partial charge in [0, 0.05) is 6.54 Å². The van der Waals surface area contributed by atoms with Gasteiger partial charge in [-0.1, -0.05) is 20.8 Å². The summed E-state index contributed by atoms with van der Waals surface area (Å²) in [4.78, 5) is 10.7. The highest BCUT2D eigenvalue weighted by Crippen LogP contribution is 2.24. The molecular formula is C12H22N4O3. The lowest BCUT2D eigenvalue weighted by atomic mass is 10.2. The first-order valence-corrected chi connectivity index (χ1v) is 6.66. The van der Waals surface area contributed by atoms with Gasteiger partial charge < -0.3 is 10.4 Å². The van der Waals surface area contributed by atoms with E-state index in [0.29, 0.717) is 30.8 Å². The fourth-order valence-electron chi connectivity index (χ4n) is 2.07. The molecule has 7 heteroatoms. The zero-order valence-electron chi connectivity index (χ0n) is 11.7. The van der Waals surface area contributed by atoms with E-state index in [1.54, 1.807) is 4.68 Å². The van der Waals surface area contributed by atoms with E-state index < -0.39 is 6.10 Å². The van der Waals surface area contributed by atoms with Gasteiger partial charge in [0.2, 0.25) is 0 Å². The molecular weight excluding hydrogens is 248 g/mol. The molecule has 1 heterocycles. The molecule has 0 fully saturated rings. The van der Waals surface area contributed by atoms with Gasteiger partial charge in [-0.3, -0.25) is 14.8 Å². The van der Waals surface area contributed by atoms with Crippen molar-refractivity contribution in [2.45, 2.75) is 46.3 Å². The average Bonchev–Trinajstić information content (AvgIpc) is 2.73. The SMILES string of the molecule is CCNCC(O)Cn1nc(CC)c([N+](=O)[O-])c1CC. The van der Waals surface area contributed by atoms with Crippen molar-refractivity contribution in [3.63, 3.8) is 0 Å². The van der Waals surface area contributed by atoms with Crippen LogP contribution in [0.3, 0.4) is 0 Å². The van der Waals surface area contributed by atoms with Crippen molar-refractivity contribution < 1.29 is 10.0 Å². The first-order chi connectivity index (χ1) is 9.04. The van der Waals surface area contributed by atoms with Gasteiger partial charge in [-0.15, -0.1) is 0 Å². The smallest absolute Gasteiger partial charge is 0.313 e. The first-order valence-electron chi connectivity index (χ1n) is 6.66. The molecule has 1 unspecified atom stereocenters. The van der Waals surface area contributed by atoms with E-state index in [1.165, 1.54) is 0 Å². The summed E-state index contributed by atoms with van der Waals surface area (Å²) in [6.45, 7) is 7.16. The summed E-state index contributed by atoms with van der Waals surface area (Å²) in [5.74, 6) is 0. The molecule has 0 spiro atoms. The van der Waals surface area contributed by atoms with Gasteiger partial charge in [-0.2, -0.15) is 5.10 Å². The molecule has 1 atom stereocenters. The summed E-state index contributed by atoms with van der Waals surface area (Å²) in [5.41, 5.74) is 1.16. The molecule has 0 aliphatic carbocycles. The van der Waals surface area contributed by atoms with Crippen LogP contribution in [0.5, 0.6) is 0 Å². The molecule has 108 valence electrons. The third-order valence-electron chi connectivity index (χ3n) is 2.97. The van der Waals surface area contributed by atoms with E-state index in [4.69, 9.17) is 0 Å². The molecule has 0 aromatic carbocycles. The van der Waals surface area contributed by atoms with Crippen molar-refractivity contribution in [1.29, 1.82) is 0 Å². The Labute approximate surface area is 112 Å². The van der Waals surface area contributed by atoms with E-state index in [2.05, 4.69) is 10.4 Å². The summed E-state index contributed by atoms with van der Waals surface area (Å²) in [6.07, 6.45) is 0.436. The largest absolute Gasteiger partial charge is 0.390 e. The Bertz CT molecular complexity index is 431. The van der Waals surface area contributed by atoms with E-state index in [1.807, 2.05) is 20.8 Å². The Morgan fingerprint density at radius 3 is 2.58 bits per heavy atom. The Morgan fingerprint density at radius 1 is 1.42 bits per heavy atom. The summed E-state index contributed by atoms with van der Waals surface area (Å²) >= 11 is 0. The van der Waals surface area contributed by atoms with Crippen LogP contribution in [-0.2, 0) is 19.4 Å². The number of rotatable bonds is 8. The molecule has 0 radical (unpaired) electrons. The van der Waals surface area contributed by atoms with Crippen LogP contribution in [0.25, 0.3) is 0 Å². The van der Waals surface area contributed by atoms with E-state index >= 15 is 0 Å². The molecule has 0 saturated carbocycles. The topological polar surface area (TPSA) is 93.2 Å². The molecule has 1 aromatic rings. The van der Waals surface area contributed by atoms with Crippen molar-refractivity contribution in [3.05, 3.63) is 21.5 Å². The van der Waals surface area contributed by atoms with Crippen molar-refractivity contribution in [2.75, 3.05) is 13.1 Å². The minimum absolute atomic E-state index is 0.0978. The maximum Gasteiger partial charge on any atom is 0.313 e. The minimum Gasteiger partial charge on any atom is -0.390 e. The third kappa shape index (κ3) is 3.74. The van der Waals surface area contributed by atoms with Crippen molar-refractivity contribution in [2.24, 2.45) is 0 Å². The summed E-state index contributed by atoms with van der Waals surface area (Å²) < 4.78 is 1.57. The van der Waals surface area contributed by atoms with Crippen LogP contribution < -0.4 is 5.32 Å². The quantitative estimate of drug-likeness (QED) is 0.540. The van der Waals surface area contributed by atoms with Crippen LogP contribution in [0.15, 0.2) is 0 Å². The number of hydrogen-bond acceptors (Lipinski definition) is 5. The Kier molecular flexibility index (Phi) is 5.91. The first kappa shape index (κ1) is 15.6. The molecule has 0 amide bonds. The zero-order valence-corrected chi connectivity index (χ0v) is 11.7. The second-order valence-electron chi connectivity index (χ2n) is 4.35. The predicted octanol–water partition coefficient (Wildman–Crippen LogP) is 0.886. The lowest BCUT2D eigenvalue weighted by Gasteiger charge is -2.12. The molecule has 2 N–H and O–H groups in total. The minimum atomic E-state index is -0.602. The van der Waals surface area contributed by atoms with Gasteiger partial charge in [-0.05, 0) is 19.4 Å². The monoisotopic (exact) mass is 270 g/mol. The Hall–Kier alpha value is -1.47. The number of nitrogens with zero attached hydrogens (tertiary/aromatic N) is 3. The summed E-state index contributed by atoms with van der Waals surface area (Å²) in [5, 5.41) is 28.3. The number of aryl methyl sites for hydroxylation is 1. The lowest BCUT2D eigenvalue weighted by Crippen LogP contribution is -2.31. The van der Waals surface area contributed by atoms with Crippen molar-refractivity contribution >= 4 is 5.69 Å². The number of likely N-dealkylation sites (N-methyl/N-ethyl adjacent to an activating group) is 1. The summed E-state index contributed by atoms with van der Waals surface area (Å²) in [7, 11) is 0. The van der Waals surface area contributed by atoms with Crippen molar-refractivity contribution in [3.8, 4) is 0 Å². The van der Waals surface area contributed by atoms with Crippen LogP contribution in [0, 0.1) is 10.1 Å². The number of aromatic nitrogens is 2. The number of hydrogen-bond donors (Lipinski definition) is 2. The molecule has 0 aliphatic rings. The standard InChI is InChI=1S/C12H22N4O3/c1-4-10-12(16(18)19)11(5-2)15(14-10)8-9(17)7-13-6-3/h9,13,17H,4-8H2,1-3H3. The van der Waals surface area contributed by atoms with Crippen LogP contribution in [0.1, 0.15) is 32.2 Å². The molecule has 1 rings (SSSR count). The normalized spacial score (nSPS) is 12.6. The third-order valence-corrected chi connectivity index (χ3v) is 2.97. The average molecular weight is 270 g/mol. The van der Waals surface area contributed by atoms with Crippen LogP contribution >= 0.6 is 0 Å². The fourth-order valence-corrected chi connectivity index (χ4v) is 2.07. The second kappa shape index (κ2) is 7.20. The van der Waals surface area contributed by atoms with Crippen LogP contribution in [0.4, 0.5) is 5.69 Å². The maximum atomic E-state index is 11.1. The summed E-state index contributed by atoms with van der Waals surface area (Å²) in [6, 6.07) is 0. The van der Waals surface area contributed by atoms with Gasteiger partial charge in [0.1, 0.15) is 11.4 Å². The van der Waals surface area contributed by atoms with Gasteiger partial charge in [0.15, 0.2) is 0 Å². The van der Waals surface area contributed by atoms with Gasteiger partial charge >= 0.3 is 5.69 Å². The number of nitro groups is 1. The zero-order chi connectivity index (χ0) is 14.4. The Morgan fingerprint density at radius 2 is 2.11 bits per heavy atom. The second-order valence-corrected chi connectivity index (χ2v) is 4.35. The van der Waals surface area contributed by atoms with Crippen LogP contribution in [0.2, 0.25) is 0 Å². The van der Waals surface area contributed by atoms with Gasteiger partial charge in [-0.25, -0.2) is 0 Å². The van der Waals surface area contributed by atoms with E-state index in [-0.39, 0.29) is 17.2 Å². The van der Waals surface area contributed by atoms with Gasteiger partial charge in [0.25, 0.3) is 0 Å². The van der Waals surface area contributed by atoms with Crippen LogP contribution in [-0.4, -0.2) is 39.0 Å². The van der Waals surface area contributed by atoms with E-state index in [9.17, 15) is 15.2 Å². The highest BCUT2D eigenvalue weighted by Gasteiger charge is 2.26. The van der Waals surface area contributed by atoms with Crippen molar-refractivity contribution in [1.82, 2.24) is 15.1 Å². The maximum absolute atomic E-state index is 11.1. The molecule has 0 bridgehead atoms. The highest BCUT2D eigenvalue weighted by molar-refractivity contribution is 5.41. The number of aliphatic hydroxyl groups is 1. The molecule has 19 heavy (non-hydrogen) atoms. The Balaban J connectivity index is 2.97. The number of aliphatic hydroxyl groups excluding tert-OH is 1. The van der Waals surface area contributed by atoms with Gasteiger partial charge in [0.05, 0.1) is 17.6 Å². The predicted molar refractivity (Wildman–Crippen MR) is 72.2 cm³/mol. The van der Waals surface area contributed by atoms with E-state index in [0.717, 1.165) is 6.54 Å². The fraction of sp³-hybridized carbons (Fsp3) is 0.750. The highest BCUT2D eigenvalue weighted by atomic mass is 16.6. The molecule has 1 aromatic heterocycles.